The van der Waals surface area contributed by atoms with Gasteiger partial charge < -0.3 is 10.1 Å². The summed E-state index contributed by atoms with van der Waals surface area (Å²) in [5.41, 5.74) is 1.10. The average molecular weight is 288 g/mol. The van der Waals surface area contributed by atoms with Crippen LogP contribution in [0.1, 0.15) is 19.3 Å². The van der Waals surface area contributed by atoms with E-state index in [-0.39, 0.29) is 5.69 Å². The Balaban J connectivity index is 1.71. The minimum atomic E-state index is -0.444. The van der Waals surface area contributed by atoms with Crippen molar-refractivity contribution < 1.29 is 9.66 Å². The van der Waals surface area contributed by atoms with Gasteiger partial charge in [0.1, 0.15) is 6.61 Å². The second-order valence-corrected chi connectivity index (χ2v) is 5.10. The molecule has 0 saturated carbocycles. The number of fused-ring (bicyclic) bond motifs is 1. The van der Waals surface area contributed by atoms with Crippen LogP contribution in [-0.4, -0.2) is 34.1 Å². The molecule has 1 atom stereocenters. The van der Waals surface area contributed by atoms with Crippen LogP contribution in [0.5, 0.6) is 5.88 Å². The van der Waals surface area contributed by atoms with Gasteiger partial charge in [-0.3, -0.25) is 10.1 Å². The molecule has 1 N–H and O–H groups in total. The van der Waals surface area contributed by atoms with Crippen molar-refractivity contribution in [3.05, 3.63) is 34.5 Å². The van der Waals surface area contributed by atoms with E-state index < -0.39 is 4.92 Å². The van der Waals surface area contributed by atoms with Gasteiger partial charge in [0, 0.05) is 18.2 Å². The van der Waals surface area contributed by atoms with Crippen molar-refractivity contribution in [1.29, 1.82) is 0 Å². The molecule has 1 aromatic carbocycles. The number of nitrogens with zero attached hydrogens (tertiary/aromatic N) is 3. The SMILES string of the molecule is O=[N+]([O-])c1ccc2nc(OCC3CCCCN3)cnc2c1. The van der Waals surface area contributed by atoms with Gasteiger partial charge in [-0.2, -0.15) is 0 Å². The lowest BCUT2D eigenvalue weighted by Crippen LogP contribution is -2.38. The van der Waals surface area contributed by atoms with Crippen LogP contribution in [0.2, 0.25) is 0 Å². The van der Waals surface area contributed by atoms with Crippen LogP contribution >= 0.6 is 0 Å². The molecule has 1 aliphatic rings. The van der Waals surface area contributed by atoms with Crippen LogP contribution in [0.15, 0.2) is 24.4 Å². The molecule has 0 bridgehead atoms. The van der Waals surface area contributed by atoms with Gasteiger partial charge in [-0.15, -0.1) is 0 Å². The van der Waals surface area contributed by atoms with Gasteiger partial charge in [0.05, 0.1) is 22.2 Å². The Morgan fingerprint density at radius 1 is 1.38 bits per heavy atom. The number of hydrogen-bond acceptors (Lipinski definition) is 6. The number of nitro groups is 1. The van der Waals surface area contributed by atoms with Crippen LogP contribution in [0.4, 0.5) is 5.69 Å². The van der Waals surface area contributed by atoms with Crippen LogP contribution in [0, 0.1) is 10.1 Å². The molecule has 1 unspecified atom stereocenters. The van der Waals surface area contributed by atoms with Gasteiger partial charge in [0.25, 0.3) is 5.69 Å². The molecule has 2 aromatic rings. The van der Waals surface area contributed by atoms with Gasteiger partial charge in [-0.1, -0.05) is 6.42 Å². The van der Waals surface area contributed by atoms with Crippen molar-refractivity contribution in [2.24, 2.45) is 0 Å². The van der Waals surface area contributed by atoms with Crippen LogP contribution < -0.4 is 10.1 Å². The molecule has 21 heavy (non-hydrogen) atoms. The molecule has 3 rings (SSSR count). The molecule has 0 aliphatic carbocycles. The number of benzene rings is 1. The number of piperidine rings is 1. The van der Waals surface area contributed by atoms with E-state index in [1.54, 1.807) is 6.07 Å². The van der Waals surface area contributed by atoms with E-state index in [1.165, 1.54) is 31.2 Å². The monoisotopic (exact) mass is 288 g/mol. The fraction of sp³-hybridized carbons (Fsp3) is 0.429. The van der Waals surface area contributed by atoms with Crippen molar-refractivity contribution in [3.8, 4) is 5.88 Å². The van der Waals surface area contributed by atoms with E-state index >= 15 is 0 Å². The molecule has 2 heterocycles. The number of non-ortho nitro benzene ring substituents is 1. The van der Waals surface area contributed by atoms with Crippen molar-refractivity contribution in [1.82, 2.24) is 15.3 Å². The Morgan fingerprint density at radius 2 is 2.29 bits per heavy atom. The van der Waals surface area contributed by atoms with E-state index in [4.69, 9.17) is 4.74 Å². The minimum Gasteiger partial charge on any atom is -0.475 e. The zero-order valence-electron chi connectivity index (χ0n) is 11.5. The second kappa shape index (κ2) is 6.01. The first-order chi connectivity index (χ1) is 10.2. The van der Waals surface area contributed by atoms with Gasteiger partial charge in [-0.05, 0) is 25.5 Å². The highest BCUT2D eigenvalue weighted by atomic mass is 16.6. The van der Waals surface area contributed by atoms with Gasteiger partial charge in [0.2, 0.25) is 5.88 Å². The average Bonchev–Trinajstić information content (AvgIpc) is 2.53. The Labute approximate surface area is 121 Å². The van der Waals surface area contributed by atoms with Gasteiger partial charge in [-0.25, -0.2) is 9.97 Å². The van der Waals surface area contributed by atoms with E-state index in [9.17, 15) is 10.1 Å². The quantitative estimate of drug-likeness (QED) is 0.684. The Morgan fingerprint density at radius 3 is 3.05 bits per heavy atom. The Bertz CT molecular complexity index is 656. The topological polar surface area (TPSA) is 90.2 Å². The summed E-state index contributed by atoms with van der Waals surface area (Å²) in [5, 5.41) is 14.1. The zero-order chi connectivity index (χ0) is 14.7. The van der Waals surface area contributed by atoms with Crippen LogP contribution in [0.25, 0.3) is 11.0 Å². The van der Waals surface area contributed by atoms with E-state index in [0.717, 1.165) is 13.0 Å². The zero-order valence-corrected chi connectivity index (χ0v) is 11.5. The smallest absolute Gasteiger partial charge is 0.271 e. The maximum atomic E-state index is 10.7. The van der Waals surface area contributed by atoms with E-state index in [2.05, 4.69) is 15.3 Å². The molecule has 1 aliphatic heterocycles. The molecule has 1 saturated heterocycles. The van der Waals surface area contributed by atoms with Gasteiger partial charge in [0.15, 0.2) is 0 Å². The number of nitro benzene ring substituents is 1. The summed E-state index contributed by atoms with van der Waals surface area (Å²) in [4.78, 5) is 18.8. The molecule has 110 valence electrons. The lowest BCUT2D eigenvalue weighted by atomic mass is 10.1. The van der Waals surface area contributed by atoms with E-state index in [1.807, 2.05) is 0 Å². The molecule has 0 radical (unpaired) electrons. The third-order valence-corrected chi connectivity index (χ3v) is 3.56. The normalized spacial score (nSPS) is 18.6. The third-order valence-electron chi connectivity index (χ3n) is 3.56. The summed E-state index contributed by atoms with van der Waals surface area (Å²) in [5.74, 6) is 0.448. The highest BCUT2D eigenvalue weighted by molar-refractivity contribution is 5.77. The molecular weight excluding hydrogens is 272 g/mol. The molecule has 1 fully saturated rings. The Hall–Kier alpha value is -2.28. The summed E-state index contributed by atoms with van der Waals surface area (Å²) in [7, 11) is 0. The summed E-state index contributed by atoms with van der Waals surface area (Å²) in [6, 6.07) is 4.78. The first kappa shape index (κ1) is 13.7. The van der Waals surface area contributed by atoms with Gasteiger partial charge >= 0.3 is 0 Å². The number of rotatable bonds is 4. The highest BCUT2D eigenvalue weighted by Crippen LogP contribution is 2.20. The standard InChI is InChI=1S/C14H16N4O3/c19-18(20)11-4-5-12-13(7-11)16-8-14(17-12)21-9-10-3-1-2-6-15-10/h4-5,7-8,10,15H,1-3,6,9H2. The maximum Gasteiger partial charge on any atom is 0.271 e. The van der Waals surface area contributed by atoms with Crippen molar-refractivity contribution in [2.45, 2.75) is 25.3 Å². The largest absolute Gasteiger partial charge is 0.475 e. The number of nitrogens with one attached hydrogen (secondary N) is 1. The molecule has 7 nitrogen and oxygen atoms in total. The summed E-state index contributed by atoms with van der Waals surface area (Å²) >= 11 is 0. The van der Waals surface area contributed by atoms with Crippen molar-refractivity contribution >= 4 is 16.7 Å². The van der Waals surface area contributed by atoms with E-state index in [0.29, 0.717) is 29.6 Å². The lowest BCUT2D eigenvalue weighted by molar-refractivity contribution is -0.384. The second-order valence-electron chi connectivity index (χ2n) is 5.10. The molecule has 1 aromatic heterocycles. The predicted molar refractivity (Wildman–Crippen MR) is 77.3 cm³/mol. The number of hydrogen-bond donors (Lipinski definition) is 1. The molecule has 0 amide bonds. The molecular formula is C14H16N4O3. The fourth-order valence-electron chi connectivity index (χ4n) is 2.42. The van der Waals surface area contributed by atoms with Crippen LogP contribution in [0.3, 0.4) is 0 Å². The maximum absolute atomic E-state index is 10.7. The number of ether oxygens (including phenoxy) is 1. The minimum absolute atomic E-state index is 0.0110. The van der Waals surface area contributed by atoms with Crippen molar-refractivity contribution in [3.63, 3.8) is 0 Å². The fourth-order valence-corrected chi connectivity index (χ4v) is 2.42. The first-order valence-corrected chi connectivity index (χ1v) is 7.00. The summed E-state index contributed by atoms with van der Waals surface area (Å²) in [6.07, 6.45) is 5.04. The molecule has 7 heteroatoms. The third kappa shape index (κ3) is 3.25. The van der Waals surface area contributed by atoms with Crippen LogP contribution in [-0.2, 0) is 0 Å². The summed E-state index contributed by atoms with van der Waals surface area (Å²) < 4.78 is 5.66. The first-order valence-electron chi connectivity index (χ1n) is 7.00. The van der Waals surface area contributed by atoms with Crippen molar-refractivity contribution in [2.75, 3.05) is 13.2 Å². The Kier molecular flexibility index (Phi) is 3.92. The lowest BCUT2D eigenvalue weighted by Gasteiger charge is -2.23. The summed E-state index contributed by atoms with van der Waals surface area (Å²) in [6.45, 7) is 1.59. The predicted octanol–water partition coefficient (Wildman–Crippen LogP) is 2.06. The number of aromatic nitrogens is 2. The highest BCUT2D eigenvalue weighted by Gasteiger charge is 2.14. The molecule has 0 spiro atoms.